The number of benzene rings is 1. The van der Waals surface area contributed by atoms with Crippen LogP contribution in [0.1, 0.15) is 24.4 Å². The molecule has 1 aliphatic heterocycles. The third-order valence-electron chi connectivity index (χ3n) is 3.46. The quantitative estimate of drug-likeness (QED) is 0.646. The van der Waals surface area contributed by atoms with Crippen LogP contribution in [0.25, 0.3) is 0 Å². The van der Waals surface area contributed by atoms with Gasteiger partial charge < -0.3 is 4.74 Å². The number of rotatable bonds is 5. The summed E-state index contributed by atoms with van der Waals surface area (Å²) in [5.74, 6) is 10.4. The van der Waals surface area contributed by atoms with E-state index in [4.69, 9.17) is 10.6 Å². The summed E-state index contributed by atoms with van der Waals surface area (Å²) in [6, 6.07) is 8.65. The lowest BCUT2D eigenvalue weighted by Crippen LogP contribution is -2.37. The van der Waals surface area contributed by atoms with Gasteiger partial charge in [-0.1, -0.05) is 12.1 Å². The summed E-state index contributed by atoms with van der Waals surface area (Å²) >= 11 is 4.04. The van der Waals surface area contributed by atoms with E-state index in [1.165, 1.54) is 35.7 Å². The number of ether oxygens (including phenoxy) is 1. The van der Waals surface area contributed by atoms with Crippen LogP contribution >= 0.6 is 23.5 Å². The SMILES string of the molecule is NNC(c1ccc(OC2CC2)cc1)C1CSCCS1. The van der Waals surface area contributed by atoms with Crippen molar-refractivity contribution in [3.63, 3.8) is 0 Å². The standard InChI is InChI=1S/C14H20N2OS2/c15-16-14(13-9-18-7-8-19-13)10-1-3-11(4-2-10)17-12-5-6-12/h1-4,12-14,16H,5-9,15H2. The molecule has 104 valence electrons. The van der Waals surface area contributed by atoms with E-state index in [0.717, 1.165) is 5.75 Å². The van der Waals surface area contributed by atoms with Crippen molar-refractivity contribution < 1.29 is 4.74 Å². The normalized spacial score (nSPS) is 25.0. The van der Waals surface area contributed by atoms with Gasteiger partial charge in [0.05, 0.1) is 12.1 Å². The number of hydrazine groups is 1. The van der Waals surface area contributed by atoms with Crippen molar-refractivity contribution in [1.29, 1.82) is 0 Å². The van der Waals surface area contributed by atoms with Crippen LogP contribution in [0.3, 0.4) is 0 Å². The van der Waals surface area contributed by atoms with Crippen molar-refractivity contribution in [2.45, 2.75) is 30.2 Å². The van der Waals surface area contributed by atoms with Crippen LogP contribution in [0.5, 0.6) is 5.75 Å². The molecule has 3 rings (SSSR count). The molecule has 0 aromatic heterocycles. The van der Waals surface area contributed by atoms with Crippen LogP contribution < -0.4 is 16.0 Å². The summed E-state index contributed by atoms with van der Waals surface area (Å²) in [4.78, 5) is 0. The van der Waals surface area contributed by atoms with Gasteiger partial charge in [-0.05, 0) is 30.5 Å². The summed E-state index contributed by atoms with van der Waals surface area (Å²) in [6.45, 7) is 0. The Bertz CT molecular complexity index is 402. The van der Waals surface area contributed by atoms with Gasteiger partial charge in [-0.3, -0.25) is 11.3 Å². The van der Waals surface area contributed by atoms with Crippen molar-refractivity contribution in [3.8, 4) is 5.75 Å². The van der Waals surface area contributed by atoms with E-state index in [9.17, 15) is 0 Å². The lowest BCUT2D eigenvalue weighted by Gasteiger charge is -2.29. The molecule has 2 unspecified atom stereocenters. The molecule has 1 saturated carbocycles. The zero-order chi connectivity index (χ0) is 13.1. The van der Waals surface area contributed by atoms with Crippen LogP contribution in [-0.4, -0.2) is 28.6 Å². The highest BCUT2D eigenvalue weighted by molar-refractivity contribution is 8.06. The fourth-order valence-corrected chi connectivity index (χ4v) is 5.10. The average Bonchev–Trinajstić information content (AvgIpc) is 3.27. The van der Waals surface area contributed by atoms with Crippen LogP contribution in [0, 0.1) is 0 Å². The fourth-order valence-electron chi connectivity index (χ4n) is 2.25. The first-order valence-corrected chi connectivity index (χ1v) is 8.99. The molecule has 0 radical (unpaired) electrons. The van der Waals surface area contributed by atoms with Gasteiger partial charge in [0.2, 0.25) is 0 Å². The third kappa shape index (κ3) is 3.60. The Balaban J connectivity index is 1.67. The Morgan fingerprint density at radius 2 is 2.00 bits per heavy atom. The lowest BCUT2D eigenvalue weighted by atomic mass is 10.0. The highest BCUT2D eigenvalue weighted by Crippen LogP contribution is 2.34. The molecule has 3 nitrogen and oxygen atoms in total. The van der Waals surface area contributed by atoms with Gasteiger partial charge in [-0.15, -0.1) is 0 Å². The molecule has 5 heteroatoms. The predicted octanol–water partition coefficient (Wildman–Crippen LogP) is 2.58. The molecule has 2 aliphatic rings. The molecule has 0 spiro atoms. The van der Waals surface area contributed by atoms with Crippen LogP contribution in [0.15, 0.2) is 24.3 Å². The Labute approximate surface area is 123 Å². The molecule has 1 aromatic carbocycles. The highest BCUT2D eigenvalue weighted by Gasteiger charge is 2.26. The Hall–Kier alpha value is -0.360. The second-order valence-corrected chi connectivity index (χ2v) is 7.51. The summed E-state index contributed by atoms with van der Waals surface area (Å²) in [5.41, 5.74) is 4.24. The summed E-state index contributed by atoms with van der Waals surface area (Å²) in [7, 11) is 0. The van der Waals surface area contributed by atoms with Gasteiger partial charge >= 0.3 is 0 Å². The lowest BCUT2D eigenvalue weighted by molar-refractivity contribution is 0.303. The van der Waals surface area contributed by atoms with Gasteiger partial charge in [-0.2, -0.15) is 23.5 Å². The van der Waals surface area contributed by atoms with E-state index in [-0.39, 0.29) is 6.04 Å². The second kappa shape index (κ2) is 6.39. The molecular formula is C14H20N2OS2. The Morgan fingerprint density at radius 1 is 1.21 bits per heavy atom. The number of hydrogen-bond acceptors (Lipinski definition) is 5. The molecule has 2 atom stereocenters. The maximum Gasteiger partial charge on any atom is 0.119 e. The molecule has 3 N–H and O–H groups in total. The van der Waals surface area contributed by atoms with Crippen LogP contribution in [0.2, 0.25) is 0 Å². The van der Waals surface area contributed by atoms with Crippen molar-refractivity contribution in [2.75, 3.05) is 17.3 Å². The summed E-state index contributed by atoms with van der Waals surface area (Å²) in [5, 5.41) is 0.555. The van der Waals surface area contributed by atoms with E-state index in [2.05, 4.69) is 29.7 Å². The maximum atomic E-state index is 5.78. The minimum absolute atomic E-state index is 0.229. The van der Waals surface area contributed by atoms with Gasteiger partial charge in [0.15, 0.2) is 0 Å². The number of nitrogens with two attached hydrogens (primary N) is 1. The molecule has 1 saturated heterocycles. The fraction of sp³-hybridized carbons (Fsp3) is 0.571. The number of thioether (sulfide) groups is 2. The van der Waals surface area contributed by atoms with Gasteiger partial charge in [0, 0.05) is 22.5 Å². The average molecular weight is 296 g/mol. The first kappa shape index (κ1) is 13.6. The topological polar surface area (TPSA) is 47.3 Å². The second-order valence-electron chi connectivity index (χ2n) is 5.01. The molecule has 1 heterocycles. The highest BCUT2D eigenvalue weighted by atomic mass is 32.2. The monoisotopic (exact) mass is 296 g/mol. The molecule has 1 aromatic rings. The Kier molecular flexibility index (Phi) is 4.58. The number of hydrogen-bond donors (Lipinski definition) is 2. The number of nitrogens with one attached hydrogen (secondary N) is 1. The van der Waals surface area contributed by atoms with Gasteiger partial charge in [0.1, 0.15) is 5.75 Å². The van der Waals surface area contributed by atoms with Crippen molar-refractivity contribution in [3.05, 3.63) is 29.8 Å². The maximum absolute atomic E-state index is 5.78. The zero-order valence-electron chi connectivity index (χ0n) is 10.9. The van der Waals surface area contributed by atoms with E-state index in [1.54, 1.807) is 0 Å². The predicted molar refractivity (Wildman–Crippen MR) is 83.7 cm³/mol. The molecule has 1 aliphatic carbocycles. The van der Waals surface area contributed by atoms with Crippen molar-refractivity contribution >= 4 is 23.5 Å². The largest absolute Gasteiger partial charge is 0.490 e. The van der Waals surface area contributed by atoms with Crippen molar-refractivity contribution in [2.24, 2.45) is 5.84 Å². The first-order chi connectivity index (χ1) is 9.36. The van der Waals surface area contributed by atoms with E-state index in [0.29, 0.717) is 11.4 Å². The van der Waals surface area contributed by atoms with Gasteiger partial charge in [-0.25, -0.2) is 0 Å². The van der Waals surface area contributed by atoms with E-state index >= 15 is 0 Å². The summed E-state index contributed by atoms with van der Waals surface area (Å²) < 4.78 is 5.78. The first-order valence-electron chi connectivity index (χ1n) is 6.79. The summed E-state index contributed by atoms with van der Waals surface area (Å²) in [6.07, 6.45) is 2.86. The molecule has 0 bridgehead atoms. The van der Waals surface area contributed by atoms with E-state index in [1.807, 2.05) is 23.5 Å². The molecule has 0 amide bonds. The Morgan fingerprint density at radius 3 is 2.58 bits per heavy atom. The minimum atomic E-state index is 0.229. The van der Waals surface area contributed by atoms with Crippen molar-refractivity contribution in [1.82, 2.24) is 5.43 Å². The van der Waals surface area contributed by atoms with E-state index < -0.39 is 0 Å². The van der Waals surface area contributed by atoms with Crippen LogP contribution in [-0.2, 0) is 0 Å². The third-order valence-corrected chi connectivity index (χ3v) is 6.32. The smallest absolute Gasteiger partial charge is 0.119 e. The minimum Gasteiger partial charge on any atom is -0.490 e. The van der Waals surface area contributed by atoms with Crippen LogP contribution in [0.4, 0.5) is 0 Å². The van der Waals surface area contributed by atoms with Gasteiger partial charge in [0.25, 0.3) is 0 Å². The molecule has 19 heavy (non-hydrogen) atoms. The zero-order valence-corrected chi connectivity index (χ0v) is 12.5. The molecule has 2 fully saturated rings. The molecular weight excluding hydrogens is 276 g/mol.